The van der Waals surface area contributed by atoms with Crippen LogP contribution in [-0.4, -0.2) is 6.54 Å². The van der Waals surface area contributed by atoms with Crippen LogP contribution in [0, 0.1) is 11.3 Å². The Morgan fingerprint density at radius 3 is 2.35 bits per heavy atom. The van der Waals surface area contributed by atoms with E-state index in [1.807, 2.05) is 36.4 Å². The van der Waals surface area contributed by atoms with Crippen LogP contribution in [0.2, 0.25) is 0 Å². The van der Waals surface area contributed by atoms with Crippen LogP contribution in [-0.2, 0) is 0 Å². The summed E-state index contributed by atoms with van der Waals surface area (Å²) in [6.45, 7) is 4.99. The van der Waals surface area contributed by atoms with Crippen molar-refractivity contribution in [3.8, 4) is 6.07 Å². The van der Waals surface area contributed by atoms with E-state index in [2.05, 4.69) is 43.4 Å². The number of benzene rings is 2. The SMILES string of the molecule is CC(C)c1cccc(NCC(C#N)c2ccccc2)c1. The van der Waals surface area contributed by atoms with Crippen LogP contribution in [0.3, 0.4) is 0 Å². The van der Waals surface area contributed by atoms with Gasteiger partial charge in [-0.15, -0.1) is 0 Å². The molecule has 0 amide bonds. The fraction of sp³-hybridized carbons (Fsp3) is 0.278. The van der Waals surface area contributed by atoms with Gasteiger partial charge < -0.3 is 5.32 Å². The normalized spacial score (nSPS) is 11.9. The lowest BCUT2D eigenvalue weighted by molar-refractivity contribution is 0.864. The number of hydrogen-bond acceptors (Lipinski definition) is 2. The first-order chi connectivity index (χ1) is 9.70. The minimum Gasteiger partial charge on any atom is -0.383 e. The summed E-state index contributed by atoms with van der Waals surface area (Å²) in [6, 6.07) is 20.7. The molecule has 0 bridgehead atoms. The van der Waals surface area contributed by atoms with Crippen molar-refractivity contribution in [1.82, 2.24) is 0 Å². The Hall–Kier alpha value is -2.27. The summed E-state index contributed by atoms with van der Waals surface area (Å²) in [6.07, 6.45) is 0. The van der Waals surface area contributed by atoms with E-state index in [9.17, 15) is 5.26 Å². The number of anilines is 1. The lowest BCUT2D eigenvalue weighted by atomic mass is 10.00. The number of nitrogens with one attached hydrogen (secondary N) is 1. The maximum atomic E-state index is 9.31. The molecule has 2 heteroatoms. The van der Waals surface area contributed by atoms with Crippen LogP contribution in [0.5, 0.6) is 0 Å². The van der Waals surface area contributed by atoms with Gasteiger partial charge in [0.2, 0.25) is 0 Å². The number of rotatable bonds is 5. The molecule has 0 aliphatic carbocycles. The Balaban J connectivity index is 2.04. The fourth-order valence-corrected chi connectivity index (χ4v) is 2.15. The van der Waals surface area contributed by atoms with Gasteiger partial charge in [-0.3, -0.25) is 0 Å². The first-order valence-electron chi connectivity index (χ1n) is 6.99. The van der Waals surface area contributed by atoms with Crippen molar-refractivity contribution >= 4 is 5.69 Å². The molecule has 0 aromatic heterocycles. The number of nitrogens with zero attached hydrogens (tertiary/aromatic N) is 1. The van der Waals surface area contributed by atoms with Crippen molar-refractivity contribution in [1.29, 1.82) is 5.26 Å². The van der Waals surface area contributed by atoms with E-state index in [1.165, 1.54) is 5.56 Å². The average Bonchev–Trinajstić information content (AvgIpc) is 2.49. The third-order valence-electron chi connectivity index (χ3n) is 3.42. The monoisotopic (exact) mass is 264 g/mol. The van der Waals surface area contributed by atoms with Gasteiger partial charge >= 0.3 is 0 Å². The maximum Gasteiger partial charge on any atom is 0.0885 e. The Bertz CT molecular complexity index is 582. The molecule has 2 aromatic rings. The van der Waals surface area contributed by atoms with Crippen LogP contribution in [0.1, 0.15) is 36.8 Å². The van der Waals surface area contributed by atoms with Crippen molar-refractivity contribution in [2.24, 2.45) is 0 Å². The first-order valence-corrected chi connectivity index (χ1v) is 6.99. The summed E-state index contributed by atoms with van der Waals surface area (Å²) < 4.78 is 0. The predicted molar refractivity (Wildman–Crippen MR) is 83.8 cm³/mol. The summed E-state index contributed by atoms with van der Waals surface area (Å²) >= 11 is 0. The van der Waals surface area contributed by atoms with Crippen molar-refractivity contribution in [3.63, 3.8) is 0 Å². The lowest BCUT2D eigenvalue weighted by Gasteiger charge is -2.13. The van der Waals surface area contributed by atoms with Gasteiger partial charge in [-0.25, -0.2) is 0 Å². The zero-order valence-corrected chi connectivity index (χ0v) is 12.0. The standard InChI is InChI=1S/C18H20N2/c1-14(2)16-9-6-10-18(11-16)20-13-17(12-19)15-7-4-3-5-8-15/h3-11,14,17,20H,13H2,1-2H3. The van der Waals surface area contributed by atoms with Gasteiger partial charge in [0, 0.05) is 12.2 Å². The molecule has 2 rings (SSSR count). The lowest BCUT2D eigenvalue weighted by Crippen LogP contribution is -2.11. The molecule has 0 heterocycles. The summed E-state index contributed by atoms with van der Waals surface area (Å²) in [4.78, 5) is 0. The summed E-state index contributed by atoms with van der Waals surface area (Å²) in [5, 5.41) is 12.7. The molecule has 0 aliphatic heterocycles. The topological polar surface area (TPSA) is 35.8 Å². The highest BCUT2D eigenvalue weighted by Crippen LogP contribution is 2.20. The molecule has 1 unspecified atom stereocenters. The first kappa shape index (κ1) is 14.1. The van der Waals surface area contributed by atoms with Crippen LogP contribution >= 0.6 is 0 Å². The molecule has 0 spiro atoms. The summed E-state index contributed by atoms with van der Waals surface area (Å²) in [5.41, 5.74) is 3.44. The van der Waals surface area contributed by atoms with E-state index in [4.69, 9.17) is 0 Å². The van der Waals surface area contributed by atoms with Gasteiger partial charge in [0.05, 0.1) is 12.0 Å². The number of nitriles is 1. The molecule has 0 aliphatic rings. The van der Waals surface area contributed by atoms with Crippen LogP contribution < -0.4 is 5.32 Å². The predicted octanol–water partition coefficient (Wildman–Crippen LogP) is 4.53. The van der Waals surface area contributed by atoms with E-state index < -0.39 is 0 Å². The Kier molecular flexibility index (Phi) is 4.79. The van der Waals surface area contributed by atoms with Gasteiger partial charge in [0.25, 0.3) is 0 Å². The minimum absolute atomic E-state index is 0.126. The Morgan fingerprint density at radius 1 is 1.00 bits per heavy atom. The highest BCUT2D eigenvalue weighted by atomic mass is 14.9. The third-order valence-corrected chi connectivity index (χ3v) is 3.42. The minimum atomic E-state index is -0.126. The molecular formula is C18H20N2. The Morgan fingerprint density at radius 2 is 1.70 bits per heavy atom. The van der Waals surface area contributed by atoms with E-state index in [-0.39, 0.29) is 5.92 Å². The molecule has 102 valence electrons. The van der Waals surface area contributed by atoms with Crippen LogP contribution in [0.25, 0.3) is 0 Å². The molecule has 0 fully saturated rings. The average molecular weight is 264 g/mol. The van der Waals surface area contributed by atoms with Crippen LogP contribution in [0.4, 0.5) is 5.69 Å². The van der Waals surface area contributed by atoms with E-state index in [0.717, 1.165) is 11.3 Å². The largest absolute Gasteiger partial charge is 0.383 e. The zero-order chi connectivity index (χ0) is 14.4. The van der Waals surface area contributed by atoms with E-state index in [1.54, 1.807) is 0 Å². The molecule has 0 radical (unpaired) electrons. The van der Waals surface area contributed by atoms with Gasteiger partial charge in [-0.2, -0.15) is 5.26 Å². The molecule has 1 atom stereocenters. The second-order valence-corrected chi connectivity index (χ2v) is 5.25. The summed E-state index contributed by atoms with van der Waals surface area (Å²) in [5.74, 6) is 0.386. The van der Waals surface area contributed by atoms with Gasteiger partial charge in [-0.1, -0.05) is 56.3 Å². The molecular weight excluding hydrogens is 244 g/mol. The van der Waals surface area contributed by atoms with E-state index in [0.29, 0.717) is 12.5 Å². The second-order valence-electron chi connectivity index (χ2n) is 5.25. The quantitative estimate of drug-likeness (QED) is 0.861. The molecule has 0 saturated carbocycles. The zero-order valence-electron chi connectivity index (χ0n) is 12.0. The van der Waals surface area contributed by atoms with Crippen molar-refractivity contribution in [2.75, 3.05) is 11.9 Å². The molecule has 2 aromatic carbocycles. The molecule has 20 heavy (non-hydrogen) atoms. The number of hydrogen-bond donors (Lipinski definition) is 1. The smallest absolute Gasteiger partial charge is 0.0885 e. The van der Waals surface area contributed by atoms with Crippen molar-refractivity contribution in [2.45, 2.75) is 25.7 Å². The van der Waals surface area contributed by atoms with Crippen molar-refractivity contribution in [3.05, 3.63) is 65.7 Å². The highest BCUT2D eigenvalue weighted by molar-refractivity contribution is 5.47. The Labute approximate surface area is 121 Å². The van der Waals surface area contributed by atoms with Gasteiger partial charge in [0.1, 0.15) is 0 Å². The van der Waals surface area contributed by atoms with Crippen molar-refractivity contribution < 1.29 is 0 Å². The summed E-state index contributed by atoms with van der Waals surface area (Å²) in [7, 11) is 0. The molecule has 1 N–H and O–H groups in total. The third kappa shape index (κ3) is 3.61. The molecule has 2 nitrogen and oxygen atoms in total. The highest BCUT2D eigenvalue weighted by Gasteiger charge is 2.09. The molecule has 0 saturated heterocycles. The van der Waals surface area contributed by atoms with Gasteiger partial charge in [-0.05, 0) is 29.2 Å². The van der Waals surface area contributed by atoms with E-state index >= 15 is 0 Å². The second kappa shape index (κ2) is 6.77. The van der Waals surface area contributed by atoms with Gasteiger partial charge in [0.15, 0.2) is 0 Å². The maximum absolute atomic E-state index is 9.31. The fourth-order valence-electron chi connectivity index (χ4n) is 2.15. The van der Waals surface area contributed by atoms with Crippen LogP contribution in [0.15, 0.2) is 54.6 Å².